The average Bonchev–Trinajstić information content (AvgIpc) is 2.66. The first kappa shape index (κ1) is 28.1. The maximum atomic E-state index is 11.5. The number of carbonyl (C=O) groups is 3. The fourth-order valence-electron chi connectivity index (χ4n) is 3.94. The van der Waals surface area contributed by atoms with Gasteiger partial charge < -0.3 is 24.6 Å². The van der Waals surface area contributed by atoms with Crippen LogP contribution in [0.5, 0.6) is 0 Å². The van der Waals surface area contributed by atoms with Crippen molar-refractivity contribution in [3.8, 4) is 0 Å². The van der Waals surface area contributed by atoms with E-state index in [1.807, 2.05) is 0 Å². The van der Waals surface area contributed by atoms with E-state index in [0.29, 0.717) is 6.54 Å². The summed E-state index contributed by atoms with van der Waals surface area (Å²) in [6.07, 6.45) is 11.5. The normalized spacial score (nSPS) is 16.7. The van der Waals surface area contributed by atoms with E-state index >= 15 is 0 Å². The molecule has 174 valence electrons. The molecule has 0 spiro atoms. The molecule has 3 atom stereocenters. The topological polar surface area (TPSA) is 115 Å². The van der Waals surface area contributed by atoms with Gasteiger partial charge in [0.1, 0.15) is 11.8 Å². The second-order valence-electron chi connectivity index (χ2n) is 8.77. The van der Waals surface area contributed by atoms with Crippen molar-refractivity contribution in [3.05, 3.63) is 12.2 Å². The minimum absolute atomic E-state index is 0.173. The van der Waals surface area contributed by atoms with Gasteiger partial charge in [0.15, 0.2) is 0 Å². The number of carboxylic acids is 3. The molecule has 2 N–H and O–H groups in total. The maximum Gasteiger partial charge on any atom is 0.311 e. The molecule has 0 aromatic carbocycles. The molecule has 0 saturated heterocycles. The molecule has 0 aliphatic rings. The Labute approximate surface area is 181 Å². The van der Waals surface area contributed by atoms with Crippen molar-refractivity contribution in [2.75, 3.05) is 26.2 Å². The number of hydrogen-bond donors (Lipinski definition) is 2. The van der Waals surface area contributed by atoms with Crippen LogP contribution in [0.4, 0.5) is 0 Å². The van der Waals surface area contributed by atoms with Crippen molar-refractivity contribution in [2.45, 2.75) is 72.6 Å². The quantitative estimate of drug-likeness (QED) is 0.197. The first-order valence-corrected chi connectivity index (χ1v) is 11.2. The van der Waals surface area contributed by atoms with E-state index in [4.69, 9.17) is 0 Å². The monoisotopic (exact) mass is 427 g/mol. The van der Waals surface area contributed by atoms with Gasteiger partial charge in [0.05, 0.1) is 26.2 Å². The second-order valence-corrected chi connectivity index (χ2v) is 8.77. The molecule has 0 fully saturated rings. The van der Waals surface area contributed by atoms with Crippen LogP contribution in [0, 0.1) is 17.8 Å². The molecule has 0 aliphatic carbocycles. The lowest BCUT2D eigenvalue weighted by Gasteiger charge is -2.43. The molecule has 0 bridgehead atoms. The van der Waals surface area contributed by atoms with Gasteiger partial charge in [-0.3, -0.25) is 9.59 Å². The van der Waals surface area contributed by atoms with Crippen LogP contribution in [0.3, 0.4) is 0 Å². The van der Waals surface area contributed by atoms with Gasteiger partial charge in [0.2, 0.25) is 0 Å². The summed E-state index contributed by atoms with van der Waals surface area (Å²) in [6.45, 7) is 8.04. The lowest BCUT2D eigenvalue weighted by atomic mass is 10.0. The lowest BCUT2D eigenvalue weighted by Crippen LogP contribution is -2.58. The predicted molar refractivity (Wildman–Crippen MR) is 115 cm³/mol. The van der Waals surface area contributed by atoms with E-state index in [2.05, 4.69) is 19.1 Å². The number of carboxylic acid groups (broad SMARTS) is 3. The van der Waals surface area contributed by atoms with E-state index in [0.717, 1.165) is 44.9 Å². The SMILES string of the molecule is CCC/C=C/CCCCCC[N+](CC(C)C(=O)[O-])(CC(C)C(=O)O)CC(C)C(=O)O. The molecule has 0 saturated carbocycles. The third-order valence-electron chi connectivity index (χ3n) is 5.60. The summed E-state index contributed by atoms with van der Waals surface area (Å²) >= 11 is 0. The second kappa shape index (κ2) is 15.0. The van der Waals surface area contributed by atoms with Crippen molar-refractivity contribution in [2.24, 2.45) is 17.8 Å². The third-order valence-corrected chi connectivity index (χ3v) is 5.60. The van der Waals surface area contributed by atoms with Gasteiger partial charge in [0, 0.05) is 11.9 Å². The fourth-order valence-corrected chi connectivity index (χ4v) is 3.94. The van der Waals surface area contributed by atoms with Gasteiger partial charge in [-0.25, -0.2) is 0 Å². The van der Waals surface area contributed by atoms with Crippen molar-refractivity contribution >= 4 is 17.9 Å². The van der Waals surface area contributed by atoms with Crippen molar-refractivity contribution < 1.29 is 34.2 Å². The molecule has 0 amide bonds. The zero-order valence-corrected chi connectivity index (χ0v) is 19.1. The lowest BCUT2D eigenvalue weighted by molar-refractivity contribution is -0.934. The highest BCUT2D eigenvalue weighted by atomic mass is 16.4. The van der Waals surface area contributed by atoms with E-state index in [-0.39, 0.29) is 24.1 Å². The predicted octanol–water partition coefficient (Wildman–Crippen LogP) is 2.94. The van der Waals surface area contributed by atoms with E-state index < -0.39 is 35.7 Å². The first-order chi connectivity index (χ1) is 14.0. The Bertz CT molecular complexity index is 505. The molecule has 3 unspecified atom stereocenters. The number of aliphatic carboxylic acids is 3. The summed E-state index contributed by atoms with van der Waals surface area (Å²) < 4.78 is 0.173. The van der Waals surface area contributed by atoms with Gasteiger partial charge in [-0.1, -0.05) is 38.8 Å². The average molecular weight is 428 g/mol. The zero-order chi connectivity index (χ0) is 23.2. The van der Waals surface area contributed by atoms with Gasteiger partial charge in [-0.05, 0) is 46.0 Å². The van der Waals surface area contributed by atoms with Crippen molar-refractivity contribution in [1.82, 2.24) is 0 Å². The molecular weight excluding hydrogens is 386 g/mol. The zero-order valence-electron chi connectivity index (χ0n) is 19.1. The Kier molecular flexibility index (Phi) is 14.0. The summed E-state index contributed by atoms with van der Waals surface area (Å²) in [6, 6.07) is 0. The Morgan fingerprint density at radius 1 is 0.800 bits per heavy atom. The summed E-state index contributed by atoms with van der Waals surface area (Å²) in [4.78, 5) is 34.3. The summed E-state index contributed by atoms with van der Waals surface area (Å²) in [5, 5.41) is 30.2. The molecule has 0 aliphatic heterocycles. The number of allylic oxidation sites excluding steroid dienone is 2. The fraction of sp³-hybridized carbons (Fsp3) is 0.783. The minimum atomic E-state index is -1.19. The number of unbranched alkanes of at least 4 members (excludes halogenated alkanes) is 5. The van der Waals surface area contributed by atoms with Crippen LogP contribution in [0.1, 0.15) is 72.6 Å². The first-order valence-electron chi connectivity index (χ1n) is 11.2. The molecule has 0 aromatic heterocycles. The molecule has 0 rings (SSSR count). The van der Waals surface area contributed by atoms with Gasteiger partial charge in [-0.2, -0.15) is 0 Å². The van der Waals surface area contributed by atoms with E-state index in [1.165, 1.54) is 0 Å². The van der Waals surface area contributed by atoms with Crippen LogP contribution >= 0.6 is 0 Å². The maximum absolute atomic E-state index is 11.5. The third kappa shape index (κ3) is 12.0. The smallest absolute Gasteiger partial charge is 0.311 e. The number of carbonyl (C=O) groups excluding carboxylic acids is 1. The molecule has 7 heteroatoms. The highest BCUT2D eigenvalue weighted by Gasteiger charge is 2.36. The minimum Gasteiger partial charge on any atom is -0.550 e. The Balaban J connectivity index is 5.16. The highest BCUT2D eigenvalue weighted by Crippen LogP contribution is 2.21. The van der Waals surface area contributed by atoms with Crippen LogP contribution in [-0.2, 0) is 14.4 Å². The number of rotatable bonds is 18. The van der Waals surface area contributed by atoms with Gasteiger partial charge in [0.25, 0.3) is 0 Å². The number of quaternary nitrogens is 1. The van der Waals surface area contributed by atoms with Gasteiger partial charge >= 0.3 is 11.9 Å². The van der Waals surface area contributed by atoms with Crippen molar-refractivity contribution in [1.29, 1.82) is 0 Å². The molecule has 0 heterocycles. The summed E-state index contributed by atoms with van der Waals surface area (Å²) in [5.41, 5.74) is 0. The summed E-state index contributed by atoms with van der Waals surface area (Å²) in [7, 11) is 0. The van der Waals surface area contributed by atoms with E-state index in [9.17, 15) is 29.7 Å². The summed E-state index contributed by atoms with van der Waals surface area (Å²) in [5.74, 6) is -5.27. The Morgan fingerprint density at radius 3 is 1.73 bits per heavy atom. The van der Waals surface area contributed by atoms with Crippen molar-refractivity contribution in [3.63, 3.8) is 0 Å². The Morgan fingerprint density at radius 2 is 1.27 bits per heavy atom. The number of hydrogen-bond acceptors (Lipinski definition) is 4. The molecule has 7 nitrogen and oxygen atoms in total. The largest absolute Gasteiger partial charge is 0.550 e. The molecular formula is C23H41NO6. The number of nitrogens with zero attached hydrogens (tertiary/aromatic N) is 1. The van der Waals surface area contributed by atoms with Crippen LogP contribution < -0.4 is 5.11 Å². The molecule has 0 aromatic rings. The highest BCUT2D eigenvalue weighted by molar-refractivity contribution is 5.70. The van der Waals surface area contributed by atoms with Crippen LogP contribution in [0.25, 0.3) is 0 Å². The van der Waals surface area contributed by atoms with Crippen LogP contribution in [0.15, 0.2) is 12.2 Å². The van der Waals surface area contributed by atoms with Crippen LogP contribution in [-0.4, -0.2) is 58.8 Å². The van der Waals surface area contributed by atoms with Gasteiger partial charge in [-0.15, -0.1) is 0 Å². The Hall–Kier alpha value is -1.89. The molecule has 0 radical (unpaired) electrons. The van der Waals surface area contributed by atoms with E-state index in [1.54, 1.807) is 20.8 Å². The van der Waals surface area contributed by atoms with Crippen LogP contribution in [0.2, 0.25) is 0 Å². The standard InChI is InChI=1S/C23H41NO6/c1-5-6-7-8-9-10-11-12-13-14-24(15-18(2)21(25)26,16-19(3)22(27)28)17-20(4)23(29)30/h7-8,18-20H,5-6,9-17H2,1-4H3,(H2-,25,26,27,28,29,30)/b8-7+. The molecule has 30 heavy (non-hydrogen) atoms.